The van der Waals surface area contributed by atoms with Crippen molar-refractivity contribution in [2.24, 2.45) is 11.8 Å². The van der Waals surface area contributed by atoms with Gasteiger partial charge in [0.05, 0.1) is 0 Å². The van der Waals surface area contributed by atoms with Crippen LogP contribution < -0.4 is 0 Å². The van der Waals surface area contributed by atoms with E-state index in [1.165, 1.54) is 225 Å². The van der Waals surface area contributed by atoms with Crippen LogP contribution in [0.1, 0.15) is 336 Å². The Morgan fingerprint density at radius 3 is 0.864 bits per heavy atom. The molecular weight excluding hydrogens is 817 g/mol. The number of rotatable bonds is 54. The Morgan fingerprint density at radius 2 is 0.576 bits per heavy atom. The maximum Gasteiger partial charge on any atom is 0.306 e. The average Bonchev–Trinajstić information content (AvgIpc) is 3.30. The molecule has 0 aromatic rings. The molecule has 2 atom stereocenters. The summed E-state index contributed by atoms with van der Waals surface area (Å²) < 4.78 is 16.9. The van der Waals surface area contributed by atoms with E-state index in [4.69, 9.17) is 14.2 Å². The molecule has 0 aliphatic carbocycles. The molecule has 0 fully saturated rings. The Labute approximate surface area is 412 Å². The minimum Gasteiger partial charge on any atom is -0.462 e. The molecule has 6 heteroatoms. The number of carbonyl (C=O) groups excluding carboxylic acids is 3. The van der Waals surface area contributed by atoms with E-state index < -0.39 is 6.10 Å². The van der Waals surface area contributed by atoms with Crippen LogP contribution in [-0.4, -0.2) is 37.2 Å². The SMILES string of the molecule is CCCCCCCCCCCCCCCCCCCC(=O)OC[C@@H](COC(=O)CCCCCCCCCCC(C)CC)OC(=O)CCCCCCCCCCCCCCCCCCC(C)C. The molecule has 0 N–H and O–H groups in total. The summed E-state index contributed by atoms with van der Waals surface area (Å²) in [4.78, 5) is 38.2. The van der Waals surface area contributed by atoms with E-state index in [-0.39, 0.29) is 31.1 Å². The third-order valence-corrected chi connectivity index (χ3v) is 14.1. The van der Waals surface area contributed by atoms with Crippen LogP contribution in [0.25, 0.3) is 0 Å². The standard InChI is InChI=1S/C60H116O6/c1-6-8-9-10-11-12-13-14-15-16-20-23-26-29-35-40-45-50-58(61)64-53-57(54-65-59(62)51-46-41-36-32-31-34-39-44-49-56(5)7-2)66-60(63)52-47-42-37-30-27-24-21-18-17-19-22-25-28-33-38-43-48-55(3)4/h55-57H,6-54H2,1-5H3/t56?,57-/m0/s1. The summed E-state index contributed by atoms with van der Waals surface area (Å²) in [6.45, 7) is 11.4. The minimum atomic E-state index is -0.763. The van der Waals surface area contributed by atoms with E-state index in [1.807, 2.05) is 0 Å². The highest BCUT2D eigenvalue weighted by Crippen LogP contribution is 2.19. The van der Waals surface area contributed by atoms with Gasteiger partial charge in [-0.15, -0.1) is 0 Å². The molecule has 0 aliphatic rings. The molecule has 0 aliphatic heterocycles. The first-order valence-corrected chi connectivity index (χ1v) is 29.8. The largest absolute Gasteiger partial charge is 0.462 e. The first-order valence-electron chi connectivity index (χ1n) is 29.8. The lowest BCUT2D eigenvalue weighted by molar-refractivity contribution is -0.167. The first-order chi connectivity index (χ1) is 32.3. The lowest BCUT2D eigenvalue weighted by Crippen LogP contribution is -2.30. The van der Waals surface area contributed by atoms with Gasteiger partial charge in [0.2, 0.25) is 0 Å². The molecular formula is C60H116O6. The van der Waals surface area contributed by atoms with E-state index in [9.17, 15) is 14.4 Å². The van der Waals surface area contributed by atoms with Crippen molar-refractivity contribution in [1.29, 1.82) is 0 Å². The number of unbranched alkanes of at least 4 members (excludes halogenated alkanes) is 38. The number of ether oxygens (including phenoxy) is 3. The number of hydrogen-bond acceptors (Lipinski definition) is 6. The molecule has 0 amide bonds. The van der Waals surface area contributed by atoms with Gasteiger partial charge in [-0.1, -0.05) is 298 Å². The van der Waals surface area contributed by atoms with Crippen LogP contribution in [0, 0.1) is 11.8 Å². The van der Waals surface area contributed by atoms with E-state index in [0.717, 1.165) is 69.6 Å². The predicted octanol–water partition coefficient (Wildman–Crippen LogP) is 19.7. The summed E-state index contributed by atoms with van der Waals surface area (Å²) in [6.07, 6.45) is 56.6. The van der Waals surface area contributed by atoms with Gasteiger partial charge in [-0.05, 0) is 31.1 Å². The second-order valence-corrected chi connectivity index (χ2v) is 21.4. The normalized spacial score (nSPS) is 12.5. The molecule has 0 rings (SSSR count). The van der Waals surface area contributed by atoms with Gasteiger partial charge in [-0.3, -0.25) is 14.4 Å². The van der Waals surface area contributed by atoms with Gasteiger partial charge in [-0.2, -0.15) is 0 Å². The van der Waals surface area contributed by atoms with Crippen molar-refractivity contribution in [3.8, 4) is 0 Å². The van der Waals surface area contributed by atoms with Crippen LogP contribution in [0.3, 0.4) is 0 Å². The van der Waals surface area contributed by atoms with Crippen molar-refractivity contribution in [2.75, 3.05) is 13.2 Å². The van der Waals surface area contributed by atoms with Crippen molar-refractivity contribution in [3.63, 3.8) is 0 Å². The van der Waals surface area contributed by atoms with E-state index in [1.54, 1.807) is 0 Å². The van der Waals surface area contributed by atoms with Gasteiger partial charge in [0.15, 0.2) is 6.10 Å². The molecule has 0 bridgehead atoms. The van der Waals surface area contributed by atoms with Gasteiger partial charge in [0.1, 0.15) is 13.2 Å². The second kappa shape index (κ2) is 52.8. The summed E-state index contributed by atoms with van der Waals surface area (Å²) >= 11 is 0. The molecule has 0 saturated heterocycles. The maximum absolute atomic E-state index is 12.9. The zero-order valence-electron chi connectivity index (χ0n) is 45.3. The number of hydrogen-bond donors (Lipinski definition) is 0. The molecule has 1 unspecified atom stereocenters. The summed E-state index contributed by atoms with van der Waals surface area (Å²) in [5.41, 5.74) is 0. The van der Waals surface area contributed by atoms with Crippen molar-refractivity contribution in [2.45, 2.75) is 343 Å². The van der Waals surface area contributed by atoms with E-state index in [0.29, 0.717) is 19.3 Å². The maximum atomic E-state index is 12.9. The third-order valence-electron chi connectivity index (χ3n) is 14.1. The Bertz CT molecular complexity index is 1010. The zero-order valence-corrected chi connectivity index (χ0v) is 45.3. The molecule has 0 saturated carbocycles. The van der Waals surface area contributed by atoms with E-state index in [2.05, 4.69) is 34.6 Å². The summed E-state index contributed by atoms with van der Waals surface area (Å²) in [7, 11) is 0. The highest BCUT2D eigenvalue weighted by atomic mass is 16.6. The van der Waals surface area contributed by atoms with Crippen molar-refractivity contribution in [1.82, 2.24) is 0 Å². The molecule has 0 radical (unpaired) electrons. The third kappa shape index (κ3) is 51.8. The van der Waals surface area contributed by atoms with Crippen LogP contribution in [-0.2, 0) is 28.6 Å². The fourth-order valence-corrected chi connectivity index (χ4v) is 9.20. The fourth-order valence-electron chi connectivity index (χ4n) is 9.20. The molecule has 0 spiro atoms. The Hall–Kier alpha value is -1.59. The fraction of sp³-hybridized carbons (Fsp3) is 0.950. The molecule has 0 heterocycles. The minimum absolute atomic E-state index is 0.0628. The van der Waals surface area contributed by atoms with Crippen LogP contribution in [0.15, 0.2) is 0 Å². The van der Waals surface area contributed by atoms with Gasteiger partial charge < -0.3 is 14.2 Å². The van der Waals surface area contributed by atoms with Gasteiger partial charge in [-0.25, -0.2) is 0 Å². The Kier molecular flexibility index (Phi) is 51.5. The Balaban J connectivity index is 4.27. The smallest absolute Gasteiger partial charge is 0.306 e. The lowest BCUT2D eigenvalue weighted by atomic mass is 9.99. The average molecular weight is 934 g/mol. The second-order valence-electron chi connectivity index (χ2n) is 21.4. The molecule has 0 aromatic carbocycles. The Morgan fingerprint density at radius 1 is 0.318 bits per heavy atom. The quantitative estimate of drug-likeness (QED) is 0.0343. The van der Waals surface area contributed by atoms with Crippen LogP contribution in [0.4, 0.5) is 0 Å². The van der Waals surface area contributed by atoms with Gasteiger partial charge in [0, 0.05) is 19.3 Å². The lowest BCUT2D eigenvalue weighted by Gasteiger charge is -2.18. The highest BCUT2D eigenvalue weighted by Gasteiger charge is 2.19. The van der Waals surface area contributed by atoms with E-state index >= 15 is 0 Å². The number of esters is 3. The topological polar surface area (TPSA) is 78.9 Å². The van der Waals surface area contributed by atoms with Gasteiger partial charge in [0.25, 0.3) is 0 Å². The van der Waals surface area contributed by atoms with Crippen LogP contribution >= 0.6 is 0 Å². The van der Waals surface area contributed by atoms with Crippen molar-refractivity contribution < 1.29 is 28.6 Å². The summed E-state index contributed by atoms with van der Waals surface area (Å²) in [6, 6.07) is 0. The monoisotopic (exact) mass is 933 g/mol. The molecule has 0 aromatic heterocycles. The number of carbonyl (C=O) groups is 3. The summed E-state index contributed by atoms with van der Waals surface area (Å²) in [5.74, 6) is 0.861. The first kappa shape index (κ1) is 64.4. The van der Waals surface area contributed by atoms with Gasteiger partial charge >= 0.3 is 17.9 Å². The predicted molar refractivity (Wildman–Crippen MR) is 284 cm³/mol. The van der Waals surface area contributed by atoms with Crippen molar-refractivity contribution >= 4 is 17.9 Å². The van der Waals surface area contributed by atoms with Crippen LogP contribution in [0.5, 0.6) is 0 Å². The summed E-state index contributed by atoms with van der Waals surface area (Å²) in [5, 5.41) is 0. The molecule has 392 valence electrons. The highest BCUT2D eigenvalue weighted by molar-refractivity contribution is 5.71. The van der Waals surface area contributed by atoms with Crippen molar-refractivity contribution in [3.05, 3.63) is 0 Å². The molecule has 6 nitrogen and oxygen atoms in total. The van der Waals surface area contributed by atoms with Crippen LogP contribution in [0.2, 0.25) is 0 Å². The zero-order chi connectivity index (χ0) is 48.2. The molecule has 66 heavy (non-hydrogen) atoms.